The van der Waals surface area contributed by atoms with Crippen molar-refractivity contribution in [1.29, 1.82) is 0 Å². The maximum Gasteiger partial charge on any atom is 0.261 e. The van der Waals surface area contributed by atoms with Gasteiger partial charge in [-0.25, -0.2) is 0 Å². The molecule has 0 saturated heterocycles. The molecule has 4 aromatic carbocycles. The first-order chi connectivity index (χ1) is 17.9. The predicted octanol–water partition coefficient (Wildman–Crippen LogP) is 5.63. The van der Waals surface area contributed by atoms with Crippen LogP contribution in [0.15, 0.2) is 121 Å². The van der Waals surface area contributed by atoms with E-state index in [-0.39, 0.29) is 17.7 Å². The molecule has 1 atom stereocenters. The number of rotatable bonds is 11. The molecule has 0 unspecified atom stereocenters. The zero-order valence-corrected chi connectivity index (χ0v) is 23.3. The fraction of sp³-hybridized carbons (Fsp3) is 0.273. The van der Waals surface area contributed by atoms with E-state index in [1.54, 1.807) is 0 Å². The molecule has 0 heterocycles. The first-order valence-electron chi connectivity index (χ1n) is 13.1. The highest BCUT2D eigenvalue weighted by Crippen LogP contribution is 2.37. The van der Waals surface area contributed by atoms with Crippen LogP contribution in [0.4, 0.5) is 0 Å². The molecule has 0 bridgehead atoms. The molecule has 0 fully saturated rings. The topological polar surface area (TPSA) is 32.7 Å². The second-order valence-corrected chi connectivity index (χ2v) is 15.0. The number of nitrogens with zero attached hydrogens (tertiary/aromatic N) is 1. The Hall–Kier alpha value is -3.02. The van der Waals surface area contributed by atoms with E-state index >= 15 is 0 Å². The molecule has 0 spiro atoms. The summed E-state index contributed by atoms with van der Waals surface area (Å²) in [5.74, 6) is 0. The van der Waals surface area contributed by atoms with E-state index in [0.29, 0.717) is 6.61 Å². The minimum atomic E-state index is -2.70. The van der Waals surface area contributed by atoms with E-state index in [1.165, 1.54) is 21.5 Å². The SMILES string of the molecule is CC(C)(C)[Si](OC[C@@H](CO)N(Cc1ccccc1)Cc1ccccc1)(c1ccccc1)c1ccccc1. The van der Waals surface area contributed by atoms with Crippen LogP contribution in [0.2, 0.25) is 5.04 Å². The van der Waals surface area contributed by atoms with Crippen LogP contribution in [0.3, 0.4) is 0 Å². The lowest BCUT2D eigenvalue weighted by Gasteiger charge is -2.44. The lowest BCUT2D eigenvalue weighted by Crippen LogP contribution is -2.67. The van der Waals surface area contributed by atoms with Crippen LogP contribution in [-0.2, 0) is 17.5 Å². The number of hydrogen-bond donors (Lipinski definition) is 1. The van der Waals surface area contributed by atoms with Crippen LogP contribution >= 0.6 is 0 Å². The van der Waals surface area contributed by atoms with Gasteiger partial charge in [-0.1, -0.05) is 142 Å². The molecule has 0 aliphatic heterocycles. The second-order valence-electron chi connectivity index (χ2n) is 10.7. The fourth-order valence-corrected chi connectivity index (χ4v) is 9.80. The van der Waals surface area contributed by atoms with Crippen molar-refractivity contribution in [3.05, 3.63) is 132 Å². The van der Waals surface area contributed by atoms with Gasteiger partial charge in [-0.05, 0) is 26.5 Å². The van der Waals surface area contributed by atoms with E-state index < -0.39 is 8.32 Å². The van der Waals surface area contributed by atoms with Gasteiger partial charge in [0.2, 0.25) is 0 Å². The van der Waals surface area contributed by atoms with Gasteiger partial charge in [-0.15, -0.1) is 0 Å². The molecule has 0 radical (unpaired) electrons. The summed E-state index contributed by atoms with van der Waals surface area (Å²) in [5.41, 5.74) is 2.45. The minimum Gasteiger partial charge on any atom is -0.406 e. The minimum absolute atomic E-state index is 0.0257. The van der Waals surface area contributed by atoms with Gasteiger partial charge in [0.05, 0.1) is 19.3 Å². The molecule has 4 rings (SSSR count). The van der Waals surface area contributed by atoms with Crippen LogP contribution in [0.25, 0.3) is 0 Å². The first-order valence-corrected chi connectivity index (χ1v) is 15.0. The zero-order chi connectivity index (χ0) is 26.1. The maximum absolute atomic E-state index is 10.7. The average Bonchev–Trinajstić information content (AvgIpc) is 2.92. The molecular formula is C33H39NO2Si. The highest BCUT2D eigenvalue weighted by atomic mass is 28.4. The van der Waals surface area contributed by atoms with Gasteiger partial charge < -0.3 is 9.53 Å². The quantitative estimate of drug-likeness (QED) is 0.266. The summed E-state index contributed by atoms with van der Waals surface area (Å²) in [6, 6.07) is 42.2. The summed E-state index contributed by atoms with van der Waals surface area (Å²) in [5, 5.41) is 13.1. The molecule has 192 valence electrons. The van der Waals surface area contributed by atoms with Crippen molar-refractivity contribution in [2.24, 2.45) is 0 Å². The molecule has 0 aromatic heterocycles. The molecule has 4 heteroatoms. The molecule has 37 heavy (non-hydrogen) atoms. The number of hydrogen-bond acceptors (Lipinski definition) is 3. The van der Waals surface area contributed by atoms with Gasteiger partial charge in [0.25, 0.3) is 8.32 Å². The first kappa shape index (κ1) is 27.0. The fourth-order valence-electron chi connectivity index (χ4n) is 5.21. The van der Waals surface area contributed by atoms with Crippen molar-refractivity contribution in [3.8, 4) is 0 Å². The lowest BCUT2D eigenvalue weighted by atomic mass is 10.1. The number of benzene rings is 4. The van der Waals surface area contributed by atoms with Gasteiger partial charge in [-0.3, -0.25) is 4.90 Å². The third kappa shape index (κ3) is 6.46. The van der Waals surface area contributed by atoms with Gasteiger partial charge in [0.1, 0.15) is 0 Å². The van der Waals surface area contributed by atoms with Crippen molar-refractivity contribution < 1.29 is 9.53 Å². The molecule has 0 aliphatic carbocycles. The average molecular weight is 510 g/mol. The molecule has 0 amide bonds. The summed E-state index contributed by atoms with van der Waals surface area (Å²) in [4.78, 5) is 2.35. The van der Waals surface area contributed by atoms with Crippen LogP contribution in [0.5, 0.6) is 0 Å². The van der Waals surface area contributed by atoms with Crippen LogP contribution in [-0.4, -0.2) is 37.6 Å². The van der Waals surface area contributed by atoms with Crippen LogP contribution < -0.4 is 10.4 Å². The van der Waals surface area contributed by atoms with Gasteiger partial charge in [0, 0.05) is 13.1 Å². The smallest absolute Gasteiger partial charge is 0.261 e. The highest BCUT2D eigenvalue weighted by Gasteiger charge is 2.50. The summed E-state index contributed by atoms with van der Waals surface area (Å²) >= 11 is 0. The molecular weight excluding hydrogens is 470 g/mol. The monoisotopic (exact) mass is 509 g/mol. The van der Waals surface area contributed by atoms with Gasteiger partial charge in [0.15, 0.2) is 0 Å². The summed E-state index contributed by atoms with van der Waals surface area (Å²) in [6.45, 7) is 8.83. The Morgan fingerprint density at radius 3 is 1.38 bits per heavy atom. The standard InChI is InChI=1S/C33H39NO2Si/c1-33(2,3)37(31-20-12-6-13-21-31,32-22-14-7-15-23-32)36-27-30(26-35)34(24-28-16-8-4-9-17-28)25-29-18-10-5-11-19-29/h4-23,30,35H,24-27H2,1-3H3/t30-/m1/s1. The normalized spacial score (nSPS) is 13.0. The zero-order valence-electron chi connectivity index (χ0n) is 22.3. The molecule has 0 aliphatic rings. The Morgan fingerprint density at radius 1 is 0.649 bits per heavy atom. The maximum atomic E-state index is 10.7. The summed E-state index contributed by atoms with van der Waals surface area (Å²) in [7, 11) is -2.70. The molecule has 0 saturated carbocycles. The van der Waals surface area contributed by atoms with Crippen LogP contribution in [0.1, 0.15) is 31.9 Å². The van der Waals surface area contributed by atoms with E-state index in [9.17, 15) is 5.11 Å². The van der Waals surface area contributed by atoms with Crippen molar-refractivity contribution in [1.82, 2.24) is 4.90 Å². The largest absolute Gasteiger partial charge is 0.406 e. The van der Waals surface area contributed by atoms with E-state index in [2.05, 4.69) is 135 Å². The third-order valence-corrected chi connectivity index (χ3v) is 12.1. The van der Waals surface area contributed by atoms with E-state index in [4.69, 9.17) is 4.43 Å². The van der Waals surface area contributed by atoms with Gasteiger partial charge >= 0.3 is 0 Å². The van der Waals surface area contributed by atoms with E-state index in [0.717, 1.165) is 13.1 Å². The summed E-state index contributed by atoms with van der Waals surface area (Å²) < 4.78 is 7.21. The van der Waals surface area contributed by atoms with Crippen molar-refractivity contribution in [3.63, 3.8) is 0 Å². The number of aliphatic hydroxyl groups is 1. The van der Waals surface area contributed by atoms with Crippen molar-refractivity contribution in [2.45, 2.75) is 44.9 Å². The van der Waals surface area contributed by atoms with Crippen LogP contribution in [0, 0.1) is 0 Å². The highest BCUT2D eigenvalue weighted by molar-refractivity contribution is 6.99. The predicted molar refractivity (Wildman–Crippen MR) is 157 cm³/mol. The Bertz CT molecular complexity index is 1110. The molecule has 4 aromatic rings. The van der Waals surface area contributed by atoms with Gasteiger partial charge in [-0.2, -0.15) is 0 Å². The van der Waals surface area contributed by atoms with E-state index in [1.807, 2.05) is 12.1 Å². The molecule has 3 nitrogen and oxygen atoms in total. The Kier molecular flexibility index (Phi) is 9.12. The lowest BCUT2D eigenvalue weighted by molar-refractivity contribution is 0.0681. The van der Waals surface area contributed by atoms with Crippen molar-refractivity contribution >= 4 is 18.7 Å². The third-order valence-electron chi connectivity index (χ3n) is 7.09. The van der Waals surface area contributed by atoms with Crippen molar-refractivity contribution in [2.75, 3.05) is 13.2 Å². The summed E-state index contributed by atoms with van der Waals surface area (Å²) in [6.07, 6.45) is 0. The Morgan fingerprint density at radius 2 is 1.03 bits per heavy atom. The Labute approximate surface area is 223 Å². The molecule has 1 N–H and O–H groups in total. The number of aliphatic hydroxyl groups excluding tert-OH is 1. The Balaban J connectivity index is 1.70. The second kappa shape index (κ2) is 12.5.